The number of methoxy groups -OCH3 is 1. The molecule has 1 heterocycles. The molecule has 1 aromatic carbocycles. The lowest BCUT2D eigenvalue weighted by Crippen LogP contribution is -2.37. The fourth-order valence-electron chi connectivity index (χ4n) is 2.37. The van der Waals surface area contributed by atoms with Crippen molar-refractivity contribution in [1.29, 1.82) is 0 Å². The van der Waals surface area contributed by atoms with Gasteiger partial charge in [0.05, 0.1) is 25.2 Å². The zero-order valence-corrected chi connectivity index (χ0v) is 11.6. The molecule has 0 aliphatic carbocycles. The summed E-state index contributed by atoms with van der Waals surface area (Å²) < 4.78 is 10.9. The predicted molar refractivity (Wildman–Crippen MR) is 74.9 cm³/mol. The van der Waals surface area contributed by atoms with E-state index in [1.165, 1.54) is 25.0 Å². The number of hydrogen-bond acceptors (Lipinski definition) is 5. The van der Waals surface area contributed by atoms with Gasteiger partial charge in [-0.2, -0.15) is 0 Å². The second-order valence-electron chi connectivity index (χ2n) is 4.92. The third-order valence-corrected chi connectivity index (χ3v) is 3.46. The smallest absolute Gasteiger partial charge is 0.270 e. The molecular weight excluding hydrogens is 260 g/mol. The number of benzene rings is 1. The first kappa shape index (κ1) is 14.7. The molecule has 0 aromatic heterocycles. The maximum Gasteiger partial charge on any atom is 0.270 e. The minimum absolute atomic E-state index is 0.0557. The number of rotatable bonds is 6. The van der Waals surface area contributed by atoms with E-state index in [1.807, 2.05) is 0 Å². The lowest BCUT2D eigenvalue weighted by atomic mass is 10.1. The van der Waals surface area contributed by atoms with E-state index < -0.39 is 4.92 Å². The first-order valence-electron chi connectivity index (χ1n) is 6.83. The van der Waals surface area contributed by atoms with Gasteiger partial charge in [-0.1, -0.05) is 6.42 Å². The molecule has 1 saturated heterocycles. The van der Waals surface area contributed by atoms with Crippen LogP contribution in [0.25, 0.3) is 0 Å². The summed E-state index contributed by atoms with van der Waals surface area (Å²) in [4.78, 5) is 10.4. The lowest BCUT2D eigenvalue weighted by molar-refractivity contribution is -0.385. The summed E-state index contributed by atoms with van der Waals surface area (Å²) in [5, 5.41) is 14.2. The van der Waals surface area contributed by atoms with E-state index in [1.54, 1.807) is 13.2 Å². The Morgan fingerprint density at radius 1 is 1.45 bits per heavy atom. The van der Waals surface area contributed by atoms with Crippen LogP contribution in [0, 0.1) is 10.1 Å². The molecule has 1 atom stereocenters. The van der Waals surface area contributed by atoms with E-state index in [-0.39, 0.29) is 5.69 Å². The van der Waals surface area contributed by atoms with Gasteiger partial charge in [-0.15, -0.1) is 0 Å². The Bertz CT molecular complexity index is 458. The normalized spacial score (nSPS) is 18.8. The Hall–Kier alpha value is -1.66. The fourth-order valence-corrected chi connectivity index (χ4v) is 2.37. The summed E-state index contributed by atoms with van der Waals surface area (Å²) in [7, 11) is 1.55. The zero-order valence-electron chi connectivity index (χ0n) is 11.6. The number of hydrogen-bond donors (Lipinski definition) is 1. The van der Waals surface area contributed by atoms with E-state index in [9.17, 15) is 10.1 Å². The van der Waals surface area contributed by atoms with Crippen molar-refractivity contribution in [2.24, 2.45) is 0 Å². The van der Waals surface area contributed by atoms with Crippen molar-refractivity contribution in [3.63, 3.8) is 0 Å². The van der Waals surface area contributed by atoms with Gasteiger partial charge in [-0.25, -0.2) is 0 Å². The van der Waals surface area contributed by atoms with Crippen molar-refractivity contribution >= 4 is 5.69 Å². The molecule has 1 fully saturated rings. The first-order valence-corrected chi connectivity index (χ1v) is 6.83. The number of ether oxygens (including phenoxy) is 2. The highest BCUT2D eigenvalue weighted by molar-refractivity contribution is 5.43. The van der Waals surface area contributed by atoms with Crippen molar-refractivity contribution < 1.29 is 14.4 Å². The SMILES string of the molecule is COc1ccc([N+](=O)[O-])cc1COCC1CCCCN1. The quantitative estimate of drug-likeness (QED) is 0.639. The molecule has 0 bridgehead atoms. The maximum absolute atomic E-state index is 10.8. The molecule has 20 heavy (non-hydrogen) atoms. The highest BCUT2D eigenvalue weighted by atomic mass is 16.6. The van der Waals surface area contributed by atoms with Crippen LogP contribution in [0.4, 0.5) is 5.69 Å². The second-order valence-corrected chi connectivity index (χ2v) is 4.92. The van der Waals surface area contributed by atoms with Crippen LogP contribution >= 0.6 is 0 Å². The molecule has 110 valence electrons. The van der Waals surface area contributed by atoms with Crippen LogP contribution in [-0.2, 0) is 11.3 Å². The number of nitro groups is 1. The lowest BCUT2D eigenvalue weighted by Gasteiger charge is -2.23. The fraction of sp³-hybridized carbons (Fsp3) is 0.571. The highest BCUT2D eigenvalue weighted by Gasteiger charge is 2.14. The second kappa shape index (κ2) is 7.21. The molecule has 1 aliphatic heterocycles. The van der Waals surface area contributed by atoms with Crippen LogP contribution in [0.15, 0.2) is 18.2 Å². The molecule has 0 saturated carbocycles. The monoisotopic (exact) mass is 280 g/mol. The summed E-state index contributed by atoms with van der Waals surface area (Å²) >= 11 is 0. The standard InChI is InChI=1S/C14H20N2O4/c1-19-14-6-5-13(16(17)18)8-11(14)9-20-10-12-4-2-3-7-15-12/h5-6,8,12,15H,2-4,7,9-10H2,1H3. The molecule has 6 nitrogen and oxygen atoms in total. The van der Waals surface area contributed by atoms with Crippen LogP contribution in [-0.4, -0.2) is 31.2 Å². The number of nitrogens with one attached hydrogen (secondary N) is 1. The number of nitrogens with zero attached hydrogens (tertiary/aromatic N) is 1. The van der Waals surface area contributed by atoms with Gasteiger partial charge in [0, 0.05) is 23.7 Å². The molecule has 2 rings (SSSR count). The Balaban J connectivity index is 1.93. The number of non-ortho nitro benzene ring substituents is 1. The predicted octanol–water partition coefficient (Wildman–Crippen LogP) is 2.26. The molecule has 1 aromatic rings. The van der Waals surface area contributed by atoms with E-state index in [4.69, 9.17) is 9.47 Å². The Morgan fingerprint density at radius 2 is 2.30 bits per heavy atom. The summed E-state index contributed by atoms with van der Waals surface area (Å²) in [6.07, 6.45) is 3.56. The molecule has 1 N–H and O–H groups in total. The molecule has 0 spiro atoms. The summed E-state index contributed by atoms with van der Waals surface area (Å²) in [6.45, 7) is 1.98. The van der Waals surface area contributed by atoms with Gasteiger partial charge in [0.25, 0.3) is 5.69 Å². The first-order chi connectivity index (χ1) is 9.70. The molecule has 0 radical (unpaired) electrons. The van der Waals surface area contributed by atoms with Crippen molar-refractivity contribution in [3.8, 4) is 5.75 Å². The molecule has 6 heteroatoms. The third kappa shape index (κ3) is 3.91. The maximum atomic E-state index is 10.8. The molecule has 1 aliphatic rings. The van der Waals surface area contributed by atoms with E-state index >= 15 is 0 Å². The zero-order chi connectivity index (χ0) is 14.4. The third-order valence-electron chi connectivity index (χ3n) is 3.46. The summed E-state index contributed by atoms with van der Waals surface area (Å²) in [5.74, 6) is 0.618. The average Bonchev–Trinajstić information content (AvgIpc) is 2.48. The Morgan fingerprint density at radius 3 is 2.95 bits per heavy atom. The largest absolute Gasteiger partial charge is 0.496 e. The van der Waals surface area contributed by atoms with Crippen LogP contribution in [0.2, 0.25) is 0 Å². The topological polar surface area (TPSA) is 73.6 Å². The van der Waals surface area contributed by atoms with Crippen LogP contribution in [0.3, 0.4) is 0 Å². The summed E-state index contributed by atoms with van der Waals surface area (Å²) in [6, 6.07) is 4.93. The highest BCUT2D eigenvalue weighted by Crippen LogP contribution is 2.24. The van der Waals surface area contributed by atoms with Crippen molar-refractivity contribution in [2.75, 3.05) is 20.3 Å². The van der Waals surface area contributed by atoms with Crippen molar-refractivity contribution in [1.82, 2.24) is 5.32 Å². The number of nitro benzene ring substituents is 1. The molecule has 0 amide bonds. The average molecular weight is 280 g/mol. The van der Waals surface area contributed by atoms with Crippen LogP contribution in [0.1, 0.15) is 24.8 Å². The summed E-state index contributed by atoms with van der Waals surface area (Å²) in [5.41, 5.74) is 0.762. The molecule has 1 unspecified atom stereocenters. The van der Waals surface area contributed by atoms with E-state index in [0.717, 1.165) is 13.0 Å². The van der Waals surface area contributed by atoms with E-state index in [2.05, 4.69) is 5.32 Å². The van der Waals surface area contributed by atoms with E-state index in [0.29, 0.717) is 30.6 Å². The Kier molecular flexibility index (Phi) is 5.31. The van der Waals surface area contributed by atoms with Crippen LogP contribution in [0.5, 0.6) is 5.75 Å². The Labute approximate surface area is 118 Å². The van der Waals surface area contributed by atoms with Gasteiger partial charge >= 0.3 is 0 Å². The van der Waals surface area contributed by atoms with Gasteiger partial charge in [-0.05, 0) is 25.5 Å². The minimum Gasteiger partial charge on any atom is -0.496 e. The van der Waals surface area contributed by atoms with Gasteiger partial charge < -0.3 is 14.8 Å². The van der Waals surface area contributed by atoms with Gasteiger partial charge in [0.1, 0.15) is 5.75 Å². The van der Waals surface area contributed by atoms with Gasteiger partial charge in [0.15, 0.2) is 0 Å². The minimum atomic E-state index is -0.411. The van der Waals surface area contributed by atoms with Gasteiger partial charge in [0.2, 0.25) is 0 Å². The van der Waals surface area contributed by atoms with Crippen LogP contribution < -0.4 is 10.1 Å². The number of piperidine rings is 1. The molecular formula is C14H20N2O4. The van der Waals surface area contributed by atoms with Gasteiger partial charge in [-0.3, -0.25) is 10.1 Å². The van der Waals surface area contributed by atoms with Crippen molar-refractivity contribution in [2.45, 2.75) is 31.9 Å². The van der Waals surface area contributed by atoms with Crippen molar-refractivity contribution in [3.05, 3.63) is 33.9 Å².